The first kappa shape index (κ1) is 21.9. The Morgan fingerprint density at radius 3 is 2.29 bits per heavy atom. The van der Waals surface area contributed by atoms with Gasteiger partial charge >= 0.3 is 5.97 Å². The fourth-order valence-electron chi connectivity index (χ4n) is 4.21. The lowest BCUT2D eigenvalue weighted by Gasteiger charge is -2.23. The summed E-state index contributed by atoms with van der Waals surface area (Å²) in [5, 5.41) is 21.7. The van der Waals surface area contributed by atoms with Gasteiger partial charge in [-0.25, -0.2) is 0 Å². The Kier molecular flexibility index (Phi) is 6.14. The Labute approximate surface area is 202 Å². The second-order valence-corrected chi connectivity index (χ2v) is 8.60. The topological polar surface area (TPSA) is 70.7 Å². The lowest BCUT2D eigenvalue weighted by atomic mass is 9.96. The van der Waals surface area contributed by atoms with Gasteiger partial charge in [-0.15, -0.1) is 0 Å². The minimum absolute atomic E-state index is 0.00887. The number of hydrogen-bond acceptors (Lipinski definition) is 4. The zero-order valence-corrected chi connectivity index (χ0v) is 19.1. The smallest absolute Gasteiger partial charge is 0.305 e. The molecule has 4 aromatic rings. The van der Waals surface area contributed by atoms with Crippen molar-refractivity contribution in [3.05, 3.63) is 107 Å². The van der Waals surface area contributed by atoms with E-state index in [1.807, 2.05) is 96.1 Å². The van der Waals surface area contributed by atoms with Gasteiger partial charge in [-0.2, -0.15) is 10.2 Å². The summed E-state index contributed by atoms with van der Waals surface area (Å²) in [6.07, 6.45) is 2.65. The zero-order valence-electron chi connectivity index (χ0n) is 18.4. The molecule has 0 saturated carbocycles. The van der Waals surface area contributed by atoms with Gasteiger partial charge in [0.25, 0.3) is 0 Å². The van der Waals surface area contributed by atoms with Crippen molar-refractivity contribution in [1.82, 2.24) is 9.78 Å². The number of aryl methyl sites for hydroxylation is 1. The maximum absolute atomic E-state index is 11.2. The highest BCUT2D eigenvalue weighted by atomic mass is 35.5. The lowest BCUT2D eigenvalue weighted by Crippen LogP contribution is -2.18. The van der Waals surface area contributed by atoms with Crippen LogP contribution in [0.4, 0.5) is 5.69 Å². The number of hydrogen-bond donors (Lipinski definition) is 1. The SMILES string of the molecule is O=C(O)CCn1cc(C2CC(c3ccc(Cl)cc3)=NN2c2ccccc2)c(-c2ccccc2)n1. The predicted molar refractivity (Wildman–Crippen MR) is 134 cm³/mol. The van der Waals surface area contributed by atoms with E-state index >= 15 is 0 Å². The number of aliphatic carboxylic acids is 1. The van der Waals surface area contributed by atoms with E-state index in [-0.39, 0.29) is 12.5 Å². The average Bonchev–Trinajstić information content (AvgIpc) is 3.49. The molecular weight excluding hydrogens is 448 g/mol. The summed E-state index contributed by atoms with van der Waals surface area (Å²) in [7, 11) is 0. The number of para-hydroxylation sites is 1. The molecule has 0 radical (unpaired) electrons. The number of aromatic nitrogens is 2. The van der Waals surface area contributed by atoms with E-state index in [1.54, 1.807) is 4.68 Å². The average molecular weight is 471 g/mol. The largest absolute Gasteiger partial charge is 0.481 e. The highest BCUT2D eigenvalue weighted by Gasteiger charge is 2.33. The van der Waals surface area contributed by atoms with Gasteiger partial charge in [0.15, 0.2) is 0 Å². The maximum Gasteiger partial charge on any atom is 0.305 e. The Bertz CT molecular complexity index is 1320. The summed E-state index contributed by atoms with van der Waals surface area (Å²) in [5.74, 6) is -0.849. The van der Waals surface area contributed by atoms with Crippen molar-refractivity contribution in [2.75, 3.05) is 5.01 Å². The van der Waals surface area contributed by atoms with Crippen LogP contribution in [0.2, 0.25) is 5.02 Å². The van der Waals surface area contributed by atoms with Gasteiger partial charge < -0.3 is 5.11 Å². The van der Waals surface area contributed by atoms with Crippen LogP contribution in [0.1, 0.15) is 30.0 Å². The number of carboxylic acids is 1. The molecule has 0 spiro atoms. The number of benzene rings is 3. The van der Waals surface area contributed by atoms with Crippen molar-refractivity contribution in [1.29, 1.82) is 0 Å². The van der Waals surface area contributed by atoms with Crippen LogP contribution in [0.3, 0.4) is 0 Å². The van der Waals surface area contributed by atoms with Gasteiger partial charge in [-0.1, -0.05) is 72.3 Å². The number of carboxylic acid groups (broad SMARTS) is 1. The van der Waals surface area contributed by atoms with E-state index in [0.29, 0.717) is 18.0 Å². The minimum atomic E-state index is -0.849. The standard InChI is InChI=1S/C27H23ClN4O2/c28-21-13-11-19(12-14-21)24-17-25(32(29-24)22-9-5-2-6-10-22)23-18-31(16-15-26(33)34)30-27(23)20-7-3-1-4-8-20/h1-14,18,25H,15-17H2,(H,33,34). The predicted octanol–water partition coefficient (Wildman–Crippen LogP) is 6.03. The van der Waals surface area contributed by atoms with E-state index in [4.69, 9.17) is 21.8 Å². The number of nitrogens with zero attached hydrogens (tertiary/aromatic N) is 4. The van der Waals surface area contributed by atoms with Crippen molar-refractivity contribution in [3.63, 3.8) is 0 Å². The van der Waals surface area contributed by atoms with Gasteiger partial charge in [0, 0.05) is 28.8 Å². The molecule has 1 aliphatic rings. The van der Waals surface area contributed by atoms with Gasteiger partial charge in [-0.3, -0.25) is 14.5 Å². The Morgan fingerprint density at radius 2 is 1.62 bits per heavy atom. The minimum Gasteiger partial charge on any atom is -0.481 e. The molecule has 0 saturated heterocycles. The molecule has 2 heterocycles. The fourth-order valence-corrected chi connectivity index (χ4v) is 4.34. The van der Waals surface area contributed by atoms with E-state index < -0.39 is 5.97 Å². The van der Waals surface area contributed by atoms with Crippen LogP contribution in [-0.2, 0) is 11.3 Å². The molecule has 0 bridgehead atoms. The molecule has 1 atom stereocenters. The summed E-state index contributed by atoms with van der Waals surface area (Å²) in [4.78, 5) is 11.2. The van der Waals surface area contributed by atoms with E-state index in [2.05, 4.69) is 0 Å². The van der Waals surface area contributed by atoms with Crippen molar-refractivity contribution >= 4 is 29.0 Å². The number of halogens is 1. The molecule has 7 heteroatoms. The van der Waals surface area contributed by atoms with Crippen LogP contribution in [0.15, 0.2) is 96.2 Å². The third kappa shape index (κ3) is 4.58. The molecule has 170 valence electrons. The summed E-state index contributed by atoms with van der Waals surface area (Å²) in [6, 6.07) is 27.7. The van der Waals surface area contributed by atoms with Gasteiger partial charge in [0.05, 0.1) is 36.1 Å². The Hall–Kier alpha value is -3.90. The third-order valence-electron chi connectivity index (χ3n) is 5.86. The molecule has 1 unspecified atom stereocenters. The molecule has 1 aliphatic heterocycles. The first-order chi connectivity index (χ1) is 16.6. The van der Waals surface area contributed by atoms with Gasteiger partial charge in [0.1, 0.15) is 0 Å². The number of anilines is 1. The Morgan fingerprint density at radius 1 is 0.941 bits per heavy atom. The molecular formula is C27H23ClN4O2. The summed E-state index contributed by atoms with van der Waals surface area (Å²) in [6.45, 7) is 0.304. The molecule has 1 aromatic heterocycles. The van der Waals surface area contributed by atoms with Crippen molar-refractivity contribution in [2.45, 2.75) is 25.4 Å². The van der Waals surface area contributed by atoms with Crippen molar-refractivity contribution < 1.29 is 9.90 Å². The number of hydrazone groups is 1. The summed E-state index contributed by atoms with van der Waals surface area (Å²) < 4.78 is 1.73. The van der Waals surface area contributed by atoms with Crippen LogP contribution in [0, 0.1) is 0 Å². The van der Waals surface area contributed by atoms with E-state index in [0.717, 1.165) is 33.8 Å². The molecule has 1 N–H and O–H groups in total. The first-order valence-corrected chi connectivity index (χ1v) is 11.5. The maximum atomic E-state index is 11.2. The van der Waals surface area contributed by atoms with E-state index in [1.165, 1.54) is 0 Å². The van der Waals surface area contributed by atoms with Crippen LogP contribution in [0.5, 0.6) is 0 Å². The van der Waals surface area contributed by atoms with Crippen LogP contribution < -0.4 is 5.01 Å². The van der Waals surface area contributed by atoms with Crippen LogP contribution in [-0.4, -0.2) is 26.6 Å². The van der Waals surface area contributed by atoms with Crippen molar-refractivity contribution in [3.8, 4) is 11.3 Å². The van der Waals surface area contributed by atoms with Gasteiger partial charge in [-0.05, 0) is 29.8 Å². The highest BCUT2D eigenvalue weighted by molar-refractivity contribution is 6.30. The number of carbonyl (C=O) groups is 1. The highest BCUT2D eigenvalue weighted by Crippen LogP contribution is 2.40. The van der Waals surface area contributed by atoms with E-state index in [9.17, 15) is 9.90 Å². The Balaban J connectivity index is 1.59. The van der Waals surface area contributed by atoms with Crippen LogP contribution >= 0.6 is 11.6 Å². The molecule has 6 nitrogen and oxygen atoms in total. The molecule has 0 amide bonds. The quantitative estimate of drug-likeness (QED) is 0.357. The zero-order chi connectivity index (χ0) is 23.5. The monoisotopic (exact) mass is 470 g/mol. The summed E-state index contributed by atoms with van der Waals surface area (Å²) in [5.41, 5.74) is 5.79. The first-order valence-electron chi connectivity index (χ1n) is 11.1. The molecule has 3 aromatic carbocycles. The second-order valence-electron chi connectivity index (χ2n) is 8.16. The molecule has 5 rings (SSSR count). The molecule has 0 aliphatic carbocycles. The lowest BCUT2D eigenvalue weighted by molar-refractivity contribution is -0.137. The normalized spacial score (nSPS) is 15.4. The van der Waals surface area contributed by atoms with Crippen molar-refractivity contribution in [2.24, 2.45) is 5.10 Å². The number of rotatable bonds is 7. The summed E-state index contributed by atoms with van der Waals surface area (Å²) >= 11 is 6.11. The fraction of sp³-hybridized carbons (Fsp3) is 0.148. The second kappa shape index (κ2) is 9.53. The van der Waals surface area contributed by atoms with Crippen LogP contribution in [0.25, 0.3) is 11.3 Å². The third-order valence-corrected chi connectivity index (χ3v) is 6.11. The van der Waals surface area contributed by atoms with Gasteiger partial charge in [0.2, 0.25) is 0 Å². The molecule has 0 fully saturated rings. The molecule has 34 heavy (non-hydrogen) atoms.